The molecule has 0 radical (unpaired) electrons. The smallest absolute Gasteiger partial charge is 0.341 e. The first-order valence-electron chi connectivity index (χ1n) is 8.20. The average Bonchev–Trinajstić information content (AvgIpc) is 2.50. The van der Waals surface area contributed by atoms with Gasteiger partial charge in [0.1, 0.15) is 5.58 Å². The van der Waals surface area contributed by atoms with Gasteiger partial charge in [0.05, 0.1) is 5.56 Å². The van der Waals surface area contributed by atoms with Crippen LogP contribution in [0.25, 0.3) is 11.0 Å². The summed E-state index contributed by atoms with van der Waals surface area (Å²) in [6, 6.07) is 4.20. The average molecular weight is 335 g/mol. The lowest BCUT2D eigenvalue weighted by molar-refractivity contribution is 0.227. The summed E-state index contributed by atoms with van der Waals surface area (Å²) < 4.78 is 5.54. The van der Waals surface area contributed by atoms with Gasteiger partial charge in [0.15, 0.2) is 0 Å². The van der Waals surface area contributed by atoms with E-state index in [1.165, 1.54) is 0 Å². The molecule has 2 heterocycles. The first-order chi connectivity index (χ1) is 11.0. The summed E-state index contributed by atoms with van der Waals surface area (Å²) in [5, 5.41) is 5.11. The molecule has 3 rings (SSSR count). The van der Waals surface area contributed by atoms with Crippen LogP contribution in [0.1, 0.15) is 30.5 Å². The molecule has 1 aliphatic rings. The SMILES string of the molecule is CCNC(C)CN1CCc2c(c(=O)oc3cc(C)c(Cl)cc23)C1. The molecule has 0 fully saturated rings. The van der Waals surface area contributed by atoms with E-state index in [9.17, 15) is 4.79 Å². The van der Waals surface area contributed by atoms with E-state index in [-0.39, 0.29) is 5.63 Å². The van der Waals surface area contributed by atoms with Crippen LogP contribution < -0.4 is 10.9 Å². The molecule has 1 atom stereocenters. The zero-order valence-electron chi connectivity index (χ0n) is 13.9. The zero-order valence-corrected chi connectivity index (χ0v) is 14.7. The molecular formula is C18H23ClN2O2. The van der Waals surface area contributed by atoms with Gasteiger partial charge in [-0.25, -0.2) is 4.79 Å². The van der Waals surface area contributed by atoms with E-state index in [1.807, 2.05) is 19.1 Å². The molecule has 1 aromatic carbocycles. The van der Waals surface area contributed by atoms with Gasteiger partial charge in [-0.15, -0.1) is 0 Å². The van der Waals surface area contributed by atoms with Crippen LogP contribution in [0.5, 0.6) is 0 Å². The van der Waals surface area contributed by atoms with Gasteiger partial charge in [-0.2, -0.15) is 0 Å². The monoisotopic (exact) mass is 334 g/mol. The Bertz CT molecular complexity index is 785. The summed E-state index contributed by atoms with van der Waals surface area (Å²) in [6.07, 6.45) is 0.857. The fraction of sp³-hybridized carbons (Fsp3) is 0.500. The summed E-state index contributed by atoms with van der Waals surface area (Å²) in [6.45, 7) is 9.68. The summed E-state index contributed by atoms with van der Waals surface area (Å²) in [7, 11) is 0. The molecule has 0 spiro atoms. The van der Waals surface area contributed by atoms with Crippen LogP contribution in [0.2, 0.25) is 5.02 Å². The molecule has 124 valence electrons. The van der Waals surface area contributed by atoms with E-state index in [4.69, 9.17) is 16.0 Å². The molecular weight excluding hydrogens is 312 g/mol. The molecule has 1 N–H and O–H groups in total. The van der Waals surface area contributed by atoms with E-state index in [2.05, 4.69) is 24.1 Å². The van der Waals surface area contributed by atoms with Crippen molar-refractivity contribution in [1.29, 1.82) is 0 Å². The topological polar surface area (TPSA) is 45.5 Å². The third-order valence-electron chi connectivity index (χ3n) is 4.54. The minimum absolute atomic E-state index is 0.213. The molecule has 0 bridgehead atoms. The Kier molecular flexibility index (Phi) is 4.76. The number of nitrogens with zero attached hydrogens (tertiary/aromatic N) is 1. The number of fused-ring (bicyclic) bond motifs is 3. The quantitative estimate of drug-likeness (QED) is 0.873. The van der Waals surface area contributed by atoms with Crippen LogP contribution >= 0.6 is 11.6 Å². The van der Waals surface area contributed by atoms with Crippen molar-refractivity contribution >= 4 is 22.6 Å². The molecule has 0 saturated heterocycles. The number of aryl methyl sites for hydroxylation is 1. The molecule has 0 saturated carbocycles. The maximum Gasteiger partial charge on any atom is 0.341 e. The number of hydrogen-bond donors (Lipinski definition) is 1. The van der Waals surface area contributed by atoms with Gasteiger partial charge in [-0.3, -0.25) is 4.90 Å². The predicted molar refractivity (Wildman–Crippen MR) is 94.4 cm³/mol. The highest BCUT2D eigenvalue weighted by Gasteiger charge is 2.23. The first kappa shape index (κ1) is 16.5. The number of hydrogen-bond acceptors (Lipinski definition) is 4. The van der Waals surface area contributed by atoms with Gasteiger partial charge < -0.3 is 9.73 Å². The zero-order chi connectivity index (χ0) is 16.6. The second kappa shape index (κ2) is 6.63. The second-order valence-corrected chi connectivity index (χ2v) is 6.80. The molecule has 23 heavy (non-hydrogen) atoms. The summed E-state index contributed by atoms with van der Waals surface area (Å²) in [4.78, 5) is 14.7. The third kappa shape index (κ3) is 3.30. The van der Waals surface area contributed by atoms with E-state index < -0.39 is 0 Å². The maximum atomic E-state index is 12.4. The number of nitrogens with one attached hydrogen (secondary N) is 1. The lowest BCUT2D eigenvalue weighted by Crippen LogP contribution is -2.42. The van der Waals surface area contributed by atoms with E-state index in [1.54, 1.807) is 0 Å². The number of halogens is 1. The normalized spacial score (nSPS) is 16.5. The molecule has 0 amide bonds. The van der Waals surface area contributed by atoms with Crippen molar-refractivity contribution in [2.24, 2.45) is 0 Å². The highest BCUT2D eigenvalue weighted by molar-refractivity contribution is 6.32. The van der Waals surface area contributed by atoms with E-state index in [0.29, 0.717) is 18.2 Å². The molecule has 2 aromatic rings. The minimum Gasteiger partial charge on any atom is -0.422 e. The molecule has 4 nitrogen and oxygen atoms in total. The van der Waals surface area contributed by atoms with Gasteiger partial charge in [-0.1, -0.05) is 18.5 Å². The summed E-state index contributed by atoms with van der Waals surface area (Å²) in [5.74, 6) is 0. The van der Waals surface area contributed by atoms with Crippen molar-refractivity contribution in [1.82, 2.24) is 10.2 Å². The Labute approximate surface area is 141 Å². The number of benzene rings is 1. The van der Waals surface area contributed by atoms with Gasteiger partial charge >= 0.3 is 5.63 Å². The van der Waals surface area contributed by atoms with Crippen molar-refractivity contribution in [3.63, 3.8) is 0 Å². The van der Waals surface area contributed by atoms with Crippen LogP contribution in [-0.2, 0) is 13.0 Å². The molecule has 0 aliphatic carbocycles. The Balaban J connectivity index is 1.96. The first-order valence-corrected chi connectivity index (χ1v) is 8.57. The Morgan fingerprint density at radius 2 is 2.17 bits per heavy atom. The number of rotatable bonds is 4. The van der Waals surface area contributed by atoms with Crippen LogP contribution in [0.15, 0.2) is 21.3 Å². The molecule has 1 unspecified atom stereocenters. The van der Waals surface area contributed by atoms with Gasteiger partial charge in [0.25, 0.3) is 0 Å². The lowest BCUT2D eigenvalue weighted by atomic mass is 9.96. The van der Waals surface area contributed by atoms with Crippen LogP contribution in [0.4, 0.5) is 0 Å². The van der Waals surface area contributed by atoms with Crippen molar-refractivity contribution in [2.45, 2.75) is 39.8 Å². The van der Waals surface area contributed by atoms with Gasteiger partial charge in [-0.05, 0) is 50.1 Å². The largest absolute Gasteiger partial charge is 0.422 e. The Hall–Kier alpha value is -1.36. The molecule has 1 aromatic heterocycles. The molecule has 5 heteroatoms. The van der Waals surface area contributed by atoms with Crippen molar-refractivity contribution in [2.75, 3.05) is 19.6 Å². The maximum absolute atomic E-state index is 12.4. The highest BCUT2D eigenvalue weighted by Crippen LogP contribution is 2.29. The van der Waals surface area contributed by atoms with Gasteiger partial charge in [0.2, 0.25) is 0 Å². The van der Waals surface area contributed by atoms with Gasteiger partial charge in [0, 0.05) is 36.1 Å². The van der Waals surface area contributed by atoms with Crippen LogP contribution in [-0.4, -0.2) is 30.6 Å². The summed E-state index contributed by atoms with van der Waals surface area (Å²) >= 11 is 6.26. The van der Waals surface area contributed by atoms with Crippen molar-refractivity contribution < 1.29 is 4.42 Å². The standard InChI is InChI=1S/C18H23ClN2O2/c1-4-20-12(3)9-21-6-5-13-14-8-16(19)11(2)7-17(14)23-18(22)15(13)10-21/h7-8,12,20H,4-6,9-10H2,1-3H3. The molecule has 1 aliphatic heterocycles. The van der Waals surface area contributed by atoms with Crippen molar-refractivity contribution in [3.8, 4) is 0 Å². The Morgan fingerprint density at radius 1 is 1.39 bits per heavy atom. The lowest BCUT2D eigenvalue weighted by Gasteiger charge is -2.30. The van der Waals surface area contributed by atoms with E-state index in [0.717, 1.165) is 53.2 Å². The second-order valence-electron chi connectivity index (χ2n) is 6.39. The van der Waals surface area contributed by atoms with Crippen LogP contribution in [0, 0.1) is 6.92 Å². The van der Waals surface area contributed by atoms with E-state index >= 15 is 0 Å². The summed E-state index contributed by atoms with van der Waals surface area (Å²) in [5.41, 5.74) is 3.25. The highest BCUT2D eigenvalue weighted by atomic mass is 35.5. The third-order valence-corrected chi connectivity index (χ3v) is 4.95. The van der Waals surface area contributed by atoms with Crippen molar-refractivity contribution in [3.05, 3.63) is 44.3 Å². The number of likely N-dealkylation sites (N-methyl/N-ethyl adjacent to an activating group) is 1. The predicted octanol–water partition coefficient (Wildman–Crippen LogP) is 3.11. The fourth-order valence-electron chi connectivity index (χ4n) is 3.40. The van der Waals surface area contributed by atoms with Crippen LogP contribution in [0.3, 0.4) is 0 Å². The fourth-order valence-corrected chi connectivity index (χ4v) is 3.56. The minimum atomic E-state index is -0.213. The Morgan fingerprint density at radius 3 is 2.91 bits per heavy atom.